The third-order valence-electron chi connectivity index (χ3n) is 3.60. The number of benzene rings is 1. The second-order valence-corrected chi connectivity index (χ2v) is 4.95. The summed E-state index contributed by atoms with van der Waals surface area (Å²) in [4.78, 5) is 19.9. The molecule has 1 aromatic carbocycles. The Morgan fingerprint density at radius 1 is 1.33 bits per heavy atom. The topological polar surface area (TPSA) is 64.1 Å². The number of rotatable bonds is 4. The van der Waals surface area contributed by atoms with E-state index >= 15 is 0 Å². The van der Waals surface area contributed by atoms with E-state index < -0.39 is 5.97 Å². The van der Waals surface area contributed by atoms with Crippen LogP contribution in [0, 0.1) is 0 Å². The molecule has 0 bridgehead atoms. The molecule has 1 aliphatic carbocycles. The highest BCUT2D eigenvalue weighted by molar-refractivity contribution is 5.88. The van der Waals surface area contributed by atoms with Gasteiger partial charge in [0.1, 0.15) is 0 Å². The zero-order chi connectivity index (χ0) is 14.7. The van der Waals surface area contributed by atoms with Gasteiger partial charge in [-0.15, -0.1) is 0 Å². The molecule has 1 N–H and O–H groups in total. The van der Waals surface area contributed by atoms with Crippen LogP contribution in [0.5, 0.6) is 0 Å². The van der Waals surface area contributed by atoms with Crippen LogP contribution >= 0.6 is 0 Å². The largest absolute Gasteiger partial charge is 0.462 e. The van der Waals surface area contributed by atoms with Gasteiger partial charge in [0.15, 0.2) is 0 Å². The van der Waals surface area contributed by atoms with Crippen LogP contribution in [0.1, 0.15) is 40.9 Å². The predicted molar refractivity (Wildman–Crippen MR) is 79.1 cm³/mol. The average molecular weight is 283 g/mol. The number of esters is 1. The van der Waals surface area contributed by atoms with E-state index in [9.17, 15) is 4.79 Å². The van der Waals surface area contributed by atoms with Crippen molar-refractivity contribution in [1.82, 2.24) is 9.97 Å². The van der Waals surface area contributed by atoms with E-state index in [1.807, 2.05) is 6.07 Å². The number of aromatic nitrogens is 2. The Balaban J connectivity index is 1.71. The lowest BCUT2D eigenvalue weighted by atomic mass is 10.1. The third-order valence-corrected chi connectivity index (χ3v) is 3.60. The average Bonchev–Trinajstić information content (AvgIpc) is 2.92. The Morgan fingerprint density at radius 3 is 2.86 bits per heavy atom. The van der Waals surface area contributed by atoms with Crippen LogP contribution in [-0.4, -0.2) is 22.5 Å². The smallest absolute Gasteiger partial charge is 0.341 e. The maximum absolute atomic E-state index is 11.5. The van der Waals surface area contributed by atoms with Crippen LogP contribution in [0.25, 0.3) is 0 Å². The van der Waals surface area contributed by atoms with E-state index in [1.54, 1.807) is 6.92 Å². The van der Waals surface area contributed by atoms with E-state index in [4.69, 9.17) is 4.74 Å². The Bertz CT molecular complexity index is 640. The lowest BCUT2D eigenvalue weighted by Gasteiger charge is -2.13. The van der Waals surface area contributed by atoms with Crippen LogP contribution in [0.2, 0.25) is 0 Å². The number of nitrogens with one attached hydrogen (secondary N) is 1. The van der Waals surface area contributed by atoms with Gasteiger partial charge in [-0.05, 0) is 30.9 Å². The summed E-state index contributed by atoms with van der Waals surface area (Å²) in [6, 6.07) is 8.62. The van der Waals surface area contributed by atoms with E-state index in [0.717, 1.165) is 12.8 Å². The molecular formula is C16H17N3O2. The molecule has 2 aromatic rings. The normalized spacial score (nSPS) is 16.3. The molecular weight excluding hydrogens is 266 g/mol. The first-order valence-electron chi connectivity index (χ1n) is 7.11. The van der Waals surface area contributed by atoms with Crippen molar-refractivity contribution < 1.29 is 9.53 Å². The lowest BCUT2D eigenvalue weighted by molar-refractivity contribution is 0.0525. The van der Waals surface area contributed by atoms with Gasteiger partial charge in [-0.2, -0.15) is 0 Å². The summed E-state index contributed by atoms with van der Waals surface area (Å²) in [5.74, 6) is 0.139. The molecule has 0 saturated carbocycles. The second-order valence-electron chi connectivity index (χ2n) is 4.95. The fraction of sp³-hybridized carbons (Fsp3) is 0.312. The Labute approximate surface area is 123 Å². The van der Waals surface area contributed by atoms with Crippen LogP contribution in [-0.2, 0) is 11.2 Å². The molecule has 0 saturated heterocycles. The van der Waals surface area contributed by atoms with Gasteiger partial charge in [0.05, 0.1) is 18.2 Å². The molecule has 0 unspecified atom stereocenters. The SMILES string of the molecule is CCOC(=O)c1cnc(N[C@H]2CCc3ccccc32)nc1. The first-order valence-corrected chi connectivity index (χ1v) is 7.11. The Hall–Kier alpha value is -2.43. The minimum Gasteiger partial charge on any atom is -0.462 e. The zero-order valence-corrected chi connectivity index (χ0v) is 11.9. The number of hydrogen-bond acceptors (Lipinski definition) is 5. The molecule has 0 fully saturated rings. The number of anilines is 1. The number of carbonyl (C=O) groups excluding carboxylic acids is 1. The Morgan fingerprint density at radius 2 is 2.10 bits per heavy atom. The fourth-order valence-corrected chi connectivity index (χ4v) is 2.59. The monoisotopic (exact) mass is 283 g/mol. The highest BCUT2D eigenvalue weighted by atomic mass is 16.5. The third kappa shape index (κ3) is 2.86. The van der Waals surface area contributed by atoms with E-state index in [2.05, 4.69) is 33.5 Å². The van der Waals surface area contributed by atoms with Gasteiger partial charge in [-0.1, -0.05) is 24.3 Å². The summed E-state index contributed by atoms with van der Waals surface area (Å²) in [6.45, 7) is 2.11. The zero-order valence-electron chi connectivity index (χ0n) is 11.9. The molecule has 0 spiro atoms. The van der Waals surface area contributed by atoms with Gasteiger partial charge in [0.25, 0.3) is 0 Å². The summed E-state index contributed by atoms with van der Waals surface area (Å²) < 4.78 is 4.91. The van der Waals surface area contributed by atoms with Crippen molar-refractivity contribution in [2.75, 3.05) is 11.9 Å². The highest BCUT2D eigenvalue weighted by Gasteiger charge is 2.22. The first kappa shape index (κ1) is 13.5. The molecule has 5 heteroatoms. The van der Waals surface area contributed by atoms with Gasteiger partial charge >= 0.3 is 5.97 Å². The minimum absolute atomic E-state index is 0.231. The molecule has 1 heterocycles. The van der Waals surface area contributed by atoms with Gasteiger partial charge < -0.3 is 10.1 Å². The number of aryl methyl sites for hydroxylation is 1. The number of fused-ring (bicyclic) bond motifs is 1. The minimum atomic E-state index is -0.393. The fourth-order valence-electron chi connectivity index (χ4n) is 2.59. The van der Waals surface area contributed by atoms with E-state index in [0.29, 0.717) is 18.1 Å². The van der Waals surface area contributed by atoms with Crippen molar-refractivity contribution in [1.29, 1.82) is 0 Å². The summed E-state index contributed by atoms with van der Waals surface area (Å²) in [5.41, 5.74) is 3.04. The quantitative estimate of drug-likeness (QED) is 0.874. The molecule has 1 aromatic heterocycles. The summed E-state index contributed by atoms with van der Waals surface area (Å²) in [6.07, 6.45) is 5.08. The summed E-state index contributed by atoms with van der Waals surface area (Å²) in [7, 11) is 0. The van der Waals surface area contributed by atoms with Crippen molar-refractivity contribution in [3.8, 4) is 0 Å². The summed E-state index contributed by atoms with van der Waals surface area (Å²) in [5, 5.41) is 3.32. The molecule has 108 valence electrons. The molecule has 1 aliphatic rings. The van der Waals surface area contributed by atoms with Crippen LogP contribution in [0.4, 0.5) is 5.95 Å². The molecule has 0 amide bonds. The first-order chi connectivity index (χ1) is 10.3. The van der Waals surface area contributed by atoms with Crippen molar-refractivity contribution in [2.45, 2.75) is 25.8 Å². The van der Waals surface area contributed by atoms with Crippen molar-refractivity contribution in [3.05, 3.63) is 53.3 Å². The van der Waals surface area contributed by atoms with Gasteiger partial charge in [0.2, 0.25) is 5.95 Å². The van der Waals surface area contributed by atoms with Crippen LogP contribution in [0.15, 0.2) is 36.7 Å². The molecule has 0 aliphatic heterocycles. The van der Waals surface area contributed by atoms with Crippen molar-refractivity contribution in [3.63, 3.8) is 0 Å². The standard InChI is InChI=1S/C16H17N3O2/c1-2-21-15(20)12-9-17-16(18-10-12)19-14-8-7-11-5-3-4-6-13(11)14/h3-6,9-10,14H,2,7-8H2,1H3,(H,17,18,19)/t14-/m0/s1. The lowest BCUT2D eigenvalue weighted by Crippen LogP contribution is -2.11. The molecule has 5 nitrogen and oxygen atoms in total. The van der Waals surface area contributed by atoms with Crippen LogP contribution in [0.3, 0.4) is 0 Å². The van der Waals surface area contributed by atoms with Crippen molar-refractivity contribution in [2.24, 2.45) is 0 Å². The molecule has 3 rings (SSSR count). The second kappa shape index (κ2) is 5.91. The molecule has 1 atom stereocenters. The number of hydrogen-bond donors (Lipinski definition) is 1. The highest BCUT2D eigenvalue weighted by Crippen LogP contribution is 2.32. The van der Waals surface area contributed by atoms with Gasteiger partial charge in [-0.25, -0.2) is 14.8 Å². The van der Waals surface area contributed by atoms with Crippen LogP contribution < -0.4 is 5.32 Å². The number of carbonyl (C=O) groups is 1. The van der Waals surface area contributed by atoms with Crippen molar-refractivity contribution >= 4 is 11.9 Å². The number of ether oxygens (including phenoxy) is 1. The maximum Gasteiger partial charge on any atom is 0.341 e. The Kier molecular flexibility index (Phi) is 3.81. The van der Waals surface area contributed by atoms with Gasteiger partial charge in [0, 0.05) is 12.4 Å². The number of nitrogens with zero attached hydrogens (tertiary/aromatic N) is 2. The van der Waals surface area contributed by atoms with E-state index in [-0.39, 0.29) is 6.04 Å². The van der Waals surface area contributed by atoms with E-state index in [1.165, 1.54) is 23.5 Å². The maximum atomic E-state index is 11.5. The summed E-state index contributed by atoms with van der Waals surface area (Å²) >= 11 is 0. The van der Waals surface area contributed by atoms with Gasteiger partial charge in [-0.3, -0.25) is 0 Å². The molecule has 0 radical (unpaired) electrons. The molecule has 21 heavy (non-hydrogen) atoms. The predicted octanol–water partition coefficient (Wildman–Crippen LogP) is 2.75.